The average Bonchev–Trinajstić information content (AvgIpc) is 2.73. The third-order valence-corrected chi connectivity index (χ3v) is 6.08. The first kappa shape index (κ1) is 24.5. The highest BCUT2D eigenvalue weighted by molar-refractivity contribution is 14.1. The molecule has 3 aromatic carbocycles. The Labute approximate surface area is 193 Å². The van der Waals surface area contributed by atoms with E-state index in [1.54, 1.807) is 60.7 Å². The molecule has 0 saturated carbocycles. The van der Waals surface area contributed by atoms with Crippen LogP contribution in [0.25, 0.3) is 0 Å². The molecule has 4 nitrogen and oxygen atoms in total. The molecule has 0 N–H and O–H groups in total. The maximum absolute atomic E-state index is 10.8. The van der Waals surface area contributed by atoms with Gasteiger partial charge in [-0.25, -0.2) is 8.42 Å². The van der Waals surface area contributed by atoms with Crippen LogP contribution in [-0.4, -0.2) is 13.0 Å². The molecule has 0 spiro atoms. The summed E-state index contributed by atoms with van der Waals surface area (Å²) < 4.78 is 38.4. The molecule has 0 saturated heterocycles. The summed E-state index contributed by atoms with van der Waals surface area (Å²) >= 11 is 2.34. The van der Waals surface area contributed by atoms with Crippen molar-refractivity contribution in [3.05, 3.63) is 105 Å². The minimum absolute atomic E-state index is 0.324. The van der Waals surface area contributed by atoms with Crippen molar-refractivity contribution in [2.45, 2.75) is 38.7 Å². The fraction of sp³-hybridized carbons (Fsp3) is 0.250. The standard InChI is InChI=1S/C13H12O4S.C11H15I/c14-18(15,16)17-13(11-7-3-1-4-8-11)12-9-5-2-6-10-12;1-4-11(2,3)9-5-7-10(12)8-6-9/h1-10,13H,(H,14,15,16);5-8H,4H2,1-3H3/p-1. The van der Waals surface area contributed by atoms with Gasteiger partial charge in [-0.05, 0) is 63.2 Å². The van der Waals surface area contributed by atoms with Crippen molar-refractivity contribution in [1.29, 1.82) is 0 Å². The quantitative estimate of drug-likeness (QED) is 0.212. The highest BCUT2D eigenvalue weighted by atomic mass is 127. The summed E-state index contributed by atoms with van der Waals surface area (Å²) in [6, 6.07) is 26.3. The minimum atomic E-state index is -4.77. The van der Waals surface area contributed by atoms with Gasteiger partial charge in [0.25, 0.3) is 0 Å². The third-order valence-electron chi connectivity index (χ3n) is 4.93. The molecule has 3 aromatic rings. The van der Waals surface area contributed by atoms with Gasteiger partial charge in [-0.2, -0.15) is 0 Å². The van der Waals surface area contributed by atoms with Crippen molar-refractivity contribution in [2.75, 3.05) is 0 Å². The summed E-state index contributed by atoms with van der Waals surface area (Å²) in [5.41, 5.74) is 2.99. The lowest BCUT2D eigenvalue weighted by Crippen LogP contribution is -2.14. The van der Waals surface area contributed by atoms with Crippen LogP contribution in [0.3, 0.4) is 0 Å². The zero-order valence-electron chi connectivity index (χ0n) is 17.3. The highest BCUT2D eigenvalue weighted by Gasteiger charge is 2.18. The van der Waals surface area contributed by atoms with E-state index in [2.05, 4.69) is 71.8 Å². The molecule has 0 aromatic heterocycles. The molecule has 0 amide bonds. The Morgan fingerprint density at radius 2 is 1.30 bits per heavy atom. The Bertz CT molecular complexity index is 963. The van der Waals surface area contributed by atoms with E-state index >= 15 is 0 Å². The summed E-state index contributed by atoms with van der Waals surface area (Å²) in [6.07, 6.45) is 0.281. The topological polar surface area (TPSA) is 66.4 Å². The Kier molecular flexibility index (Phi) is 9.03. The van der Waals surface area contributed by atoms with E-state index < -0.39 is 16.5 Å². The number of benzene rings is 3. The van der Waals surface area contributed by atoms with Crippen LogP contribution in [0.5, 0.6) is 0 Å². The number of halogens is 1. The van der Waals surface area contributed by atoms with Gasteiger partial charge in [0.1, 0.15) is 6.10 Å². The zero-order chi connectivity index (χ0) is 22.2. The van der Waals surface area contributed by atoms with Crippen LogP contribution >= 0.6 is 22.6 Å². The van der Waals surface area contributed by atoms with E-state index in [9.17, 15) is 13.0 Å². The Balaban J connectivity index is 0.000000232. The van der Waals surface area contributed by atoms with Crippen molar-refractivity contribution in [2.24, 2.45) is 0 Å². The van der Waals surface area contributed by atoms with Crippen molar-refractivity contribution in [1.82, 2.24) is 0 Å². The normalized spacial score (nSPS) is 11.7. The monoisotopic (exact) mass is 537 g/mol. The van der Waals surface area contributed by atoms with Gasteiger partial charge in [-0.3, -0.25) is 4.18 Å². The lowest BCUT2D eigenvalue weighted by molar-refractivity contribution is 0.212. The van der Waals surface area contributed by atoms with Crippen molar-refractivity contribution >= 4 is 33.0 Å². The summed E-state index contributed by atoms with van der Waals surface area (Å²) in [7, 11) is -4.77. The lowest BCUT2D eigenvalue weighted by Gasteiger charge is -2.23. The van der Waals surface area contributed by atoms with Crippen LogP contribution in [0.2, 0.25) is 0 Å². The Morgan fingerprint density at radius 1 is 0.867 bits per heavy atom. The molecule has 3 rings (SSSR count). The van der Waals surface area contributed by atoms with E-state index in [1.807, 2.05) is 0 Å². The maximum atomic E-state index is 10.8. The van der Waals surface area contributed by atoms with Gasteiger partial charge in [0, 0.05) is 3.57 Å². The van der Waals surface area contributed by atoms with Gasteiger partial charge >= 0.3 is 0 Å². The van der Waals surface area contributed by atoms with Crippen LogP contribution < -0.4 is 0 Å². The van der Waals surface area contributed by atoms with Gasteiger partial charge in [0.05, 0.1) is 0 Å². The van der Waals surface area contributed by atoms with E-state index in [4.69, 9.17) is 0 Å². The molecule has 0 aliphatic rings. The molecule has 0 fully saturated rings. The maximum Gasteiger partial charge on any atom is 0.218 e. The zero-order valence-corrected chi connectivity index (χ0v) is 20.3. The average molecular weight is 537 g/mol. The fourth-order valence-corrected chi connectivity index (χ4v) is 3.60. The molecule has 0 aliphatic carbocycles. The van der Waals surface area contributed by atoms with E-state index in [-0.39, 0.29) is 0 Å². The third kappa shape index (κ3) is 7.83. The van der Waals surface area contributed by atoms with Crippen molar-refractivity contribution in [3.8, 4) is 0 Å². The molecule has 160 valence electrons. The fourth-order valence-electron chi connectivity index (χ4n) is 2.78. The summed E-state index contributed by atoms with van der Waals surface area (Å²) in [4.78, 5) is 0. The number of hydrogen-bond acceptors (Lipinski definition) is 4. The molecule has 0 heterocycles. The summed E-state index contributed by atoms with van der Waals surface area (Å²) in [5.74, 6) is 0. The largest absolute Gasteiger partial charge is 0.725 e. The second kappa shape index (κ2) is 11.0. The SMILES string of the molecule is CCC(C)(C)c1ccc(I)cc1.O=S(=O)([O-])OC(c1ccccc1)c1ccccc1. The van der Waals surface area contributed by atoms with Gasteiger partial charge in [-0.15, -0.1) is 0 Å². The lowest BCUT2D eigenvalue weighted by atomic mass is 9.82. The second-order valence-electron chi connectivity index (χ2n) is 7.45. The smallest absolute Gasteiger partial charge is 0.218 e. The molecule has 30 heavy (non-hydrogen) atoms. The first-order chi connectivity index (χ1) is 14.1. The highest BCUT2D eigenvalue weighted by Crippen LogP contribution is 2.27. The van der Waals surface area contributed by atoms with E-state index in [1.165, 1.54) is 15.6 Å². The van der Waals surface area contributed by atoms with Crippen LogP contribution in [0.1, 0.15) is 50.0 Å². The molecular formula is C24H26IO4S-. The van der Waals surface area contributed by atoms with Crippen LogP contribution in [0, 0.1) is 3.57 Å². The molecular weight excluding hydrogens is 511 g/mol. The Morgan fingerprint density at radius 3 is 1.67 bits per heavy atom. The predicted octanol–water partition coefficient (Wildman–Crippen LogP) is 6.23. The molecule has 0 radical (unpaired) electrons. The van der Waals surface area contributed by atoms with Crippen LogP contribution in [0.15, 0.2) is 84.9 Å². The van der Waals surface area contributed by atoms with Gasteiger partial charge < -0.3 is 4.55 Å². The minimum Gasteiger partial charge on any atom is -0.725 e. The summed E-state index contributed by atoms with van der Waals surface area (Å²) in [6.45, 7) is 6.81. The van der Waals surface area contributed by atoms with Crippen LogP contribution in [-0.2, 0) is 20.0 Å². The van der Waals surface area contributed by atoms with Crippen molar-refractivity contribution < 1.29 is 17.2 Å². The van der Waals surface area contributed by atoms with Gasteiger partial charge in [0.15, 0.2) is 0 Å². The molecule has 0 atom stereocenters. The van der Waals surface area contributed by atoms with E-state index in [0.29, 0.717) is 16.5 Å². The summed E-state index contributed by atoms with van der Waals surface area (Å²) in [5, 5.41) is 0. The molecule has 6 heteroatoms. The van der Waals surface area contributed by atoms with Gasteiger partial charge in [-0.1, -0.05) is 93.6 Å². The Hall–Kier alpha value is -1.74. The van der Waals surface area contributed by atoms with Crippen LogP contribution in [0.4, 0.5) is 0 Å². The first-order valence-corrected chi connectivity index (χ1v) is 12.0. The molecule has 0 bridgehead atoms. The van der Waals surface area contributed by atoms with Gasteiger partial charge in [0.2, 0.25) is 10.4 Å². The number of rotatable bonds is 6. The second-order valence-corrected chi connectivity index (χ2v) is 9.70. The predicted molar refractivity (Wildman–Crippen MR) is 128 cm³/mol. The first-order valence-electron chi connectivity index (χ1n) is 9.62. The molecule has 0 aliphatic heterocycles. The van der Waals surface area contributed by atoms with E-state index in [0.717, 1.165) is 0 Å². The number of hydrogen-bond donors (Lipinski definition) is 0. The van der Waals surface area contributed by atoms with Crippen molar-refractivity contribution in [3.63, 3.8) is 0 Å². The molecule has 0 unspecified atom stereocenters.